The molecule has 1 heterocycles. The van der Waals surface area contributed by atoms with Crippen molar-refractivity contribution in [3.8, 4) is 0 Å². The van der Waals surface area contributed by atoms with Gasteiger partial charge in [0.15, 0.2) is 5.82 Å². The van der Waals surface area contributed by atoms with Crippen LogP contribution in [0.25, 0.3) is 0 Å². The molecule has 0 amide bonds. The standard InChI is InChI=1S/C9H17N5/c1-7(2)14-12-8(11-13-14)3-4-9(10)5-6-9/h7H,3-6,10H2,1-2H3. The number of tetrazole rings is 1. The Bertz CT molecular complexity index is 313. The van der Waals surface area contributed by atoms with E-state index in [4.69, 9.17) is 5.73 Å². The predicted molar refractivity (Wildman–Crippen MR) is 52.7 cm³/mol. The van der Waals surface area contributed by atoms with Crippen molar-refractivity contribution in [1.29, 1.82) is 0 Å². The first-order valence-corrected chi connectivity index (χ1v) is 5.16. The third-order valence-corrected chi connectivity index (χ3v) is 2.67. The van der Waals surface area contributed by atoms with Crippen LogP contribution in [-0.4, -0.2) is 25.7 Å². The molecule has 0 radical (unpaired) electrons. The van der Waals surface area contributed by atoms with Crippen molar-refractivity contribution >= 4 is 0 Å². The van der Waals surface area contributed by atoms with Crippen LogP contribution in [0.4, 0.5) is 0 Å². The second kappa shape index (κ2) is 3.31. The van der Waals surface area contributed by atoms with Crippen molar-refractivity contribution in [1.82, 2.24) is 20.2 Å². The summed E-state index contributed by atoms with van der Waals surface area (Å²) in [6, 6.07) is 0.281. The van der Waals surface area contributed by atoms with E-state index < -0.39 is 0 Å². The fourth-order valence-electron chi connectivity index (χ4n) is 1.35. The van der Waals surface area contributed by atoms with E-state index in [1.165, 1.54) is 0 Å². The quantitative estimate of drug-likeness (QED) is 0.767. The SMILES string of the molecule is CC(C)n1nnc(CCC2(N)CC2)n1. The summed E-state index contributed by atoms with van der Waals surface area (Å²) in [7, 11) is 0. The van der Waals surface area contributed by atoms with Gasteiger partial charge in [0.25, 0.3) is 0 Å². The molecule has 0 unspecified atom stereocenters. The average Bonchev–Trinajstić information content (AvgIpc) is 2.68. The smallest absolute Gasteiger partial charge is 0.174 e. The van der Waals surface area contributed by atoms with E-state index in [-0.39, 0.29) is 11.6 Å². The van der Waals surface area contributed by atoms with Crippen LogP contribution < -0.4 is 5.73 Å². The van der Waals surface area contributed by atoms with Crippen LogP contribution >= 0.6 is 0 Å². The molecule has 1 saturated carbocycles. The highest BCUT2D eigenvalue weighted by Gasteiger charge is 2.37. The molecule has 2 rings (SSSR count). The maximum atomic E-state index is 5.98. The largest absolute Gasteiger partial charge is 0.325 e. The molecule has 1 aliphatic carbocycles. The van der Waals surface area contributed by atoms with Gasteiger partial charge in [-0.1, -0.05) is 0 Å². The second-order valence-electron chi connectivity index (χ2n) is 4.48. The molecule has 0 saturated heterocycles. The number of nitrogens with two attached hydrogens (primary N) is 1. The van der Waals surface area contributed by atoms with E-state index in [1.807, 2.05) is 13.8 Å². The molecule has 0 spiro atoms. The minimum atomic E-state index is 0.0866. The normalized spacial score (nSPS) is 18.9. The van der Waals surface area contributed by atoms with Gasteiger partial charge in [-0.05, 0) is 38.3 Å². The molecule has 1 aliphatic rings. The van der Waals surface area contributed by atoms with E-state index >= 15 is 0 Å². The molecule has 1 aromatic rings. The first-order chi connectivity index (χ1) is 6.59. The summed E-state index contributed by atoms with van der Waals surface area (Å²) in [4.78, 5) is 1.64. The zero-order chi connectivity index (χ0) is 10.2. The molecule has 0 aromatic carbocycles. The molecule has 1 aromatic heterocycles. The van der Waals surface area contributed by atoms with Gasteiger partial charge in [-0.2, -0.15) is 4.80 Å². The third-order valence-electron chi connectivity index (χ3n) is 2.67. The van der Waals surface area contributed by atoms with Crippen LogP contribution in [0.1, 0.15) is 45.0 Å². The van der Waals surface area contributed by atoms with E-state index in [0.29, 0.717) is 0 Å². The van der Waals surface area contributed by atoms with Gasteiger partial charge in [-0.15, -0.1) is 10.2 Å². The Hall–Kier alpha value is -0.970. The maximum Gasteiger partial charge on any atom is 0.174 e. The zero-order valence-electron chi connectivity index (χ0n) is 8.77. The van der Waals surface area contributed by atoms with Gasteiger partial charge < -0.3 is 5.73 Å². The van der Waals surface area contributed by atoms with Gasteiger partial charge in [0, 0.05) is 12.0 Å². The number of hydrogen-bond acceptors (Lipinski definition) is 4. The Morgan fingerprint density at radius 1 is 1.50 bits per heavy atom. The summed E-state index contributed by atoms with van der Waals surface area (Å²) >= 11 is 0. The molecule has 14 heavy (non-hydrogen) atoms. The van der Waals surface area contributed by atoms with E-state index in [1.54, 1.807) is 4.80 Å². The predicted octanol–water partition coefficient (Wildman–Crippen LogP) is 0.678. The number of rotatable bonds is 4. The maximum absolute atomic E-state index is 5.98. The molecule has 0 atom stereocenters. The third kappa shape index (κ3) is 2.09. The second-order valence-corrected chi connectivity index (χ2v) is 4.48. The van der Waals surface area contributed by atoms with Crippen LogP contribution in [0, 0.1) is 0 Å². The minimum absolute atomic E-state index is 0.0866. The minimum Gasteiger partial charge on any atom is -0.325 e. The Kier molecular flexibility index (Phi) is 2.26. The lowest BCUT2D eigenvalue weighted by molar-refractivity contribution is 0.452. The summed E-state index contributed by atoms with van der Waals surface area (Å²) in [5, 5.41) is 12.2. The Morgan fingerprint density at radius 2 is 2.21 bits per heavy atom. The van der Waals surface area contributed by atoms with Crippen molar-refractivity contribution in [3.05, 3.63) is 5.82 Å². The highest BCUT2D eigenvalue weighted by molar-refractivity contribution is 5.00. The van der Waals surface area contributed by atoms with Gasteiger partial charge in [-0.25, -0.2) is 0 Å². The zero-order valence-corrected chi connectivity index (χ0v) is 8.77. The summed E-state index contributed by atoms with van der Waals surface area (Å²) in [5.41, 5.74) is 6.06. The fraction of sp³-hybridized carbons (Fsp3) is 0.889. The van der Waals surface area contributed by atoms with Crippen molar-refractivity contribution in [3.63, 3.8) is 0 Å². The highest BCUT2D eigenvalue weighted by atomic mass is 15.6. The summed E-state index contributed by atoms with van der Waals surface area (Å²) < 4.78 is 0. The lowest BCUT2D eigenvalue weighted by Crippen LogP contribution is -2.22. The van der Waals surface area contributed by atoms with Crippen LogP contribution in [0.15, 0.2) is 0 Å². The van der Waals surface area contributed by atoms with Crippen molar-refractivity contribution in [2.45, 2.75) is 51.1 Å². The Morgan fingerprint density at radius 3 is 2.71 bits per heavy atom. The Labute approximate surface area is 83.7 Å². The van der Waals surface area contributed by atoms with Gasteiger partial charge in [0.2, 0.25) is 0 Å². The Balaban J connectivity index is 1.90. The molecular formula is C9H17N5. The average molecular weight is 195 g/mol. The summed E-state index contributed by atoms with van der Waals surface area (Å²) in [6.07, 6.45) is 4.12. The molecular weight excluding hydrogens is 178 g/mol. The highest BCUT2D eigenvalue weighted by Crippen LogP contribution is 2.36. The first kappa shape index (κ1) is 9.58. The molecule has 5 heteroatoms. The van der Waals surface area contributed by atoms with Crippen molar-refractivity contribution in [2.24, 2.45) is 5.73 Å². The van der Waals surface area contributed by atoms with E-state index in [2.05, 4.69) is 15.4 Å². The van der Waals surface area contributed by atoms with E-state index in [0.717, 1.165) is 31.5 Å². The molecule has 78 valence electrons. The lowest BCUT2D eigenvalue weighted by atomic mass is 10.1. The molecule has 2 N–H and O–H groups in total. The summed E-state index contributed by atoms with van der Waals surface area (Å²) in [6.45, 7) is 4.08. The molecule has 1 fully saturated rings. The van der Waals surface area contributed by atoms with Crippen LogP contribution in [0.2, 0.25) is 0 Å². The number of hydrogen-bond donors (Lipinski definition) is 1. The topological polar surface area (TPSA) is 69.6 Å². The lowest BCUT2D eigenvalue weighted by Gasteiger charge is -2.04. The molecule has 5 nitrogen and oxygen atoms in total. The monoisotopic (exact) mass is 195 g/mol. The number of aryl methyl sites for hydroxylation is 1. The van der Waals surface area contributed by atoms with Crippen molar-refractivity contribution in [2.75, 3.05) is 0 Å². The summed E-state index contributed by atoms with van der Waals surface area (Å²) in [5.74, 6) is 0.815. The van der Waals surface area contributed by atoms with Gasteiger partial charge in [0.05, 0.1) is 6.04 Å². The molecule has 0 bridgehead atoms. The molecule has 0 aliphatic heterocycles. The first-order valence-electron chi connectivity index (χ1n) is 5.16. The van der Waals surface area contributed by atoms with Gasteiger partial charge in [0.1, 0.15) is 0 Å². The van der Waals surface area contributed by atoms with Gasteiger partial charge >= 0.3 is 0 Å². The van der Waals surface area contributed by atoms with E-state index in [9.17, 15) is 0 Å². The van der Waals surface area contributed by atoms with Crippen LogP contribution in [0.3, 0.4) is 0 Å². The van der Waals surface area contributed by atoms with Crippen LogP contribution in [0.5, 0.6) is 0 Å². The van der Waals surface area contributed by atoms with Crippen molar-refractivity contribution < 1.29 is 0 Å². The number of nitrogens with zero attached hydrogens (tertiary/aromatic N) is 4. The van der Waals surface area contributed by atoms with Crippen LogP contribution in [-0.2, 0) is 6.42 Å². The van der Waals surface area contributed by atoms with Gasteiger partial charge in [-0.3, -0.25) is 0 Å². The number of aromatic nitrogens is 4. The fourth-order valence-corrected chi connectivity index (χ4v) is 1.35.